The molecule has 0 radical (unpaired) electrons. The highest BCUT2D eigenvalue weighted by atomic mass is 19.1. The molecule has 30 heavy (non-hydrogen) atoms. The topological polar surface area (TPSA) is 58.6 Å². The molecule has 0 unspecified atom stereocenters. The van der Waals surface area contributed by atoms with Crippen LogP contribution in [-0.2, 0) is 0 Å². The van der Waals surface area contributed by atoms with Crippen molar-refractivity contribution in [2.24, 2.45) is 0 Å². The van der Waals surface area contributed by atoms with Crippen LogP contribution in [0.25, 0.3) is 0 Å². The van der Waals surface area contributed by atoms with E-state index in [0.29, 0.717) is 31.1 Å². The third-order valence-corrected chi connectivity index (χ3v) is 5.14. The number of rotatable bonds is 4. The van der Waals surface area contributed by atoms with E-state index in [1.807, 2.05) is 49.1 Å². The lowest BCUT2D eigenvalue weighted by molar-refractivity contribution is 0.0673. The van der Waals surface area contributed by atoms with Crippen molar-refractivity contribution in [1.82, 2.24) is 14.9 Å². The van der Waals surface area contributed by atoms with E-state index in [4.69, 9.17) is 4.74 Å². The second-order valence-electron chi connectivity index (χ2n) is 7.43. The molecule has 1 amide bonds. The summed E-state index contributed by atoms with van der Waals surface area (Å²) in [4.78, 5) is 25.3. The predicted molar refractivity (Wildman–Crippen MR) is 112 cm³/mol. The Hall–Kier alpha value is -3.48. The minimum absolute atomic E-state index is 0.0209. The first-order chi connectivity index (χ1) is 14.5. The largest absolute Gasteiger partial charge is 0.439 e. The van der Waals surface area contributed by atoms with E-state index in [9.17, 15) is 9.18 Å². The van der Waals surface area contributed by atoms with Gasteiger partial charge in [0.1, 0.15) is 23.7 Å². The molecule has 0 aliphatic carbocycles. The SMILES string of the molecule is Cc1cccc(Oc2cc(N3CCN(C(=O)c4ccc(F)cc4)[C@H](C)C3)ncn2)c1. The number of aryl methyl sites for hydroxylation is 1. The van der Waals surface area contributed by atoms with E-state index >= 15 is 0 Å². The molecule has 0 saturated carbocycles. The van der Waals surface area contributed by atoms with Crippen LogP contribution < -0.4 is 9.64 Å². The zero-order valence-corrected chi connectivity index (χ0v) is 17.0. The fourth-order valence-corrected chi connectivity index (χ4v) is 3.58. The highest BCUT2D eigenvalue weighted by Crippen LogP contribution is 2.25. The Balaban J connectivity index is 1.44. The molecule has 1 fully saturated rings. The monoisotopic (exact) mass is 406 g/mol. The van der Waals surface area contributed by atoms with Crippen molar-refractivity contribution in [3.05, 3.63) is 77.9 Å². The molecule has 7 heteroatoms. The minimum Gasteiger partial charge on any atom is -0.439 e. The van der Waals surface area contributed by atoms with Gasteiger partial charge < -0.3 is 14.5 Å². The van der Waals surface area contributed by atoms with Gasteiger partial charge in [-0.2, -0.15) is 0 Å². The van der Waals surface area contributed by atoms with Crippen molar-refractivity contribution in [3.63, 3.8) is 0 Å². The minimum atomic E-state index is -0.350. The molecule has 3 aromatic rings. The van der Waals surface area contributed by atoms with Crippen molar-refractivity contribution in [1.29, 1.82) is 0 Å². The molecule has 0 bridgehead atoms. The summed E-state index contributed by atoms with van der Waals surface area (Å²) in [6.45, 7) is 5.83. The lowest BCUT2D eigenvalue weighted by Crippen LogP contribution is -2.54. The number of hydrogen-bond acceptors (Lipinski definition) is 5. The van der Waals surface area contributed by atoms with E-state index in [1.54, 1.807) is 0 Å². The Morgan fingerprint density at radius 3 is 2.63 bits per heavy atom. The van der Waals surface area contributed by atoms with Gasteiger partial charge in [0.15, 0.2) is 0 Å². The summed E-state index contributed by atoms with van der Waals surface area (Å²) >= 11 is 0. The number of carbonyl (C=O) groups excluding carboxylic acids is 1. The summed E-state index contributed by atoms with van der Waals surface area (Å²) in [5.41, 5.74) is 1.60. The van der Waals surface area contributed by atoms with Gasteiger partial charge in [0.25, 0.3) is 5.91 Å². The van der Waals surface area contributed by atoms with E-state index in [0.717, 1.165) is 17.1 Å². The zero-order valence-electron chi connectivity index (χ0n) is 17.0. The Morgan fingerprint density at radius 1 is 1.10 bits per heavy atom. The number of ether oxygens (including phenoxy) is 1. The number of amides is 1. The van der Waals surface area contributed by atoms with E-state index in [2.05, 4.69) is 14.9 Å². The highest BCUT2D eigenvalue weighted by molar-refractivity contribution is 5.94. The lowest BCUT2D eigenvalue weighted by atomic mass is 10.1. The van der Waals surface area contributed by atoms with Gasteiger partial charge in [-0.3, -0.25) is 4.79 Å². The molecule has 6 nitrogen and oxygen atoms in total. The van der Waals surface area contributed by atoms with Crippen LogP contribution >= 0.6 is 0 Å². The molecule has 1 atom stereocenters. The molecule has 2 aromatic carbocycles. The fourth-order valence-electron chi connectivity index (χ4n) is 3.58. The van der Waals surface area contributed by atoms with Crippen LogP contribution in [0.15, 0.2) is 60.9 Å². The Labute approximate surface area is 174 Å². The predicted octanol–water partition coefficient (Wildman–Crippen LogP) is 4.07. The molecule has 1 saturated heterocycles. The Kier molecular flexibility index (Phi) is 5.61. The van der Waals surface area contributed by atoms with Gasteiger partial charge in [-0.05, 0) is 55.8 Å². The fraction of sp³-hybridized carbons (Fsp3) is 0.261. The van der Waals surface area contributed by atoms with Crippen LogP contribution in [0, 0.1) is 12.7 Å². The summed E-state index contributed by atoms with van der Waals surface area (Å²) in [6.07, 6.45) is 1.49. The van der Waals surface area contributed by atoms with Gasteiger partial charge in [-0.25, -0.2) is 14.4 Å². The first kappa shape index (κ1) is 19.8. The summed E-state index contributed by atoms with van der Waals surface area (Å²) in [5, 5.41) is 0. The molecule has 154 valence electrons. The average Bonchev–Trinajstić information content (AvgIpc) is 2.74. The summed E-state index contributed by atoms with van der Waals surface area (Å²) in [6, 6.07) is 15.2. The number of halogens is 1. The van der Waals surface area contributed by atoms with Crippen molar-refractivity contribution < 1.29 is 13.9 Å². The smallest absolute Gasteiger partial charge is 0.254 e. The van der Waals surface area contributed by atoms with Crippen molar-refractivity contribution in [2.45, 2.75) is 19.9 Å². The molecule has 4 rings (SSSR count). The van der Waals surface area contributed by atoms with Crippen LogP contribution in [0.1, 0.15) is 22.8 Å². The summed E-state index contributed by atoms with van der Waals surface area (Å²) in [5.74, 6) is 1.52. The standard InChI is InChI=1S/C23H23FN4O2/c1-16-4-3-5-20(12-16)30-22-13-21(25-15-26-22)27-10-11-28(17(2)14-27)23(29)18-6-8-19(24)9-7-18/h3-9,12-13,15,17H,10-11,14H2,1-2H3/t17-/m1/s1. The maximum atomic E-state index is 13.1. The van der Waals surface area contributed by atoms with Crippen LogP contribution in [0.5, 0.6) is 11.6 Å². The van der Waals surface area contributed by atoms with Crippen LogP contribution in [0.3, 0.4) is 0 Å². The molecular weight excluding hydrogens is 383 g/mol. The molecule has 1 aromatic heterocycles. The van der Waals surface area contributed by atoms with Gasteiger partial charge in [-0.1, -0.05) is 12.1 Å². The normalized spacial score (nSPS) is 16.4. The van der Waals surface area contributed by atoms with E-state index in [-0.39, 0.29) is 17.8 Å². The van der Waals surface area contributed by atoms with Crippen molar-refractivity contribution in [2.75, 3.05) is 24.5 Å². The molecule has 2 heterocycles. The van der Waals surface area contributed by atoms with Gasteiger partial charge in [0, 0.05) is 37.3 Å². The number of piperazine rings is 1. The van der Waals surface area contributed by atoms with Gasteiger partial charge in [-0.15, -0.1) is 0 Å². The second-order valence-corrected chi connectivity index (χ2v) is 7.43. The van der Waals surface area contributed by atoms with Gasteiger partial charge in [0.2, 0.25) is 5.88 Å². The van der Waals surface area contributed by atoms with Crippen LogP contribution in [-0.4, -0.2) is 46.5 Å². The first-order valence-corrected chi connectivity index (χ1v) is 9.87. The first-order valence-electron chi connectivity index (χ1n) is 9.87. The number of aromatic nitrogens is 2. The van der Waals surface area contributed by atoms with Crippen molar-refractivity contribution >= 4 is 11.7 Å². The number of nitrogens with zero attached hydrogens (tertiary/aromatic N) is 4. The zero-order chi connectivity index (χ0) is 21.1. The maximum absolute atomic E-state index is 13.1. The molecule has 1 aliphatic heterocycles. The van der Waals surface area contributed by atoms with Crippen LogP contribution in [0.4, 0.5) is 10.2 Å². The quantitative estimate of drug-likeness (QED) is 0.654. The second kappa shape index (κ2) is 8.49. The molecule has 0 N–H and O–H groups in total. The molecule has 0 spiro atoms. The Bertz CT molecular complexity index is 1040. The highest BCUT2D eigenvalue weighted by Gasteiger charge is 2.29. The summed E-state index contributed by atoms with van der Waals surface area (Å²) in [7, 11) is 0. The van der Waals surface area contributed by atoms with E-state index in [1.165, 1.54) is 30.6 Å². The number of carbonyl (C=O) groups is 1. The van der Waals surface area contributed by atoms with Crippen molar-refractivity contribution in [3.8, 4) is 11.6 Å². The maximum Gasteiger partial charge on any atom is 0.254 e. The summed E-state index contributed by atoms with van der Waals surface area (Å²) < 4.78 is 19.0. The molecular formula is C23H23FN4O2. The Morgan fingerprint density at radius 2 is 1.90 bits per heavy atom. The number of anilines is 1. The third-order valence-electron chi connectivity index (χ3n) is 5.14. The molecule has 1 aliphatic rings. The number of hydrogen-bond donors (Lipinski definition) is 0. The van der Waals surface area contributed by atoms with Gasteiger partial charge in [0.05, 0.1) is 0 Å². The average molecular weight is 406 g/mol. The van der Waals surface area contributed by atoms with Crippen LogP contribution in [0.2, 0.25) is 0 Å². The third kappa shape index (κ3) is 4.40. The van der Waals surface area contributed by atoms with Gasteiger partial charge >= 0.3 is 0 Å². The lowest BCUT2D eigenvalue weighted by Gasteiger charge is -2.40. The number of benzene rings is 2. The van der Waals surface area contributed by atoms with E-state index < -0.39 is 0 Å².